The highest BCUT2D eigenvalue weighted by atomic mass is 35.5. The summed E-state index contributed by atoms with van der Waals surface area (Å²) in [6.07, 6.45) is 2.36. The summed E-state index contributed by atoms with van der Waals surface area (Å²) < 4.78 is 12.8. The molecule has 3 atom stereocenters. The third-order valence-electron chi connectivity index (χ3n) is 3.83. The first-order valence-corrected chi connectivity index (χ1v) is 7.51. The molecule has 1 fully saturated rings. The van der Waals surface area contributed by atoms with Gasteiger partial charge in [0, 0.05) is 18.5 Å². The van der Waals surface area contributed by atoms with E-state index in [1.165, 1.54) is 12.1 Å². The van der Waals surface area contributed by atoms with Gasteiger partial charge in [0.25, 0.3) is 0 Å². The predicted octanol–water partition coefficient (Wildman–Crippen LogP) is 2.32. The molecule has 2 rings (SSSR count). The van der Waals surface area contributed by atoms with Crippen molar-refractivity contribution < 1.29 is 14.3 Å². The third-order valence-corrected chi connectivity index (χ3v) is 3.83. The Bertz CT molecular complexity index is 464. The van der Waals surface area contributed by atoms with E-state index in [9.17, 15) is 14.3 Å². The van der Waals surface area contributed by atoms with E-state index in [0.717, 1.165) is 19.4 Å². The molecular formula is C16H24ClFN2O2. The molecule has 1 heterocycles. The summed E-state index contributed by atoms with van der Waals surface area (Å²) in [6.45, 7) is 2.85. The molecule has 1 amide bonds. The molecular weight excluding hydrogens is 307 g/mol. The summed E-state index contributed by atoms with van der Waals surface area (Å²) in [5, 5.41) is 16.3. The fraction of sp³-hybridized carbons (Fsp3) is 0.562. The van der Waals surface area contributed by atoms with Crippen molar-refractivity contribution >= 4 is 18.3 Å². The van der Waals surface area contributed by atoms with E-state index in [1.54, 1.807) is 12.1 Å². The van der Waals surface area contributed by atoms with E-state index in [1.807, 2.05) is 6.92 Å². The molecule has 4 nitrogen and oxygen atoms in total. The van der Waals surface area contributed by atoms with Crippen LogP contribution in [0.5, 0.6) is 0 Å². The molecule has 0 aliphatic carbocycles. The molecule has 3 unspecified atom stereocenters. The summed E-state index contributed by atoms with van der Waals surface area (Å²) in [6, 6.07) is 5.94. The van der Waals surface area contributed by atoms with Crippen LogP contribution in [-0.4, -0.2) is 29.6 Å². The largest absolute Gasteiger partial charge is 0.388 e. The van der Waals surface area contributed by atoms with Crippen LogP contribution in [0.4, 0.5) is 4.39 Å². The van der Waals surface area contributed by atoms with Gasteiger partial charge in [0.2, 0.25) is 5.91 Å². The van der Waals surface area contributed by atoms with Crippen molar-refractivity contribution in [1.29, 1.82) is 0 Å². The van der Waals surface area contributed by atoms with Crippen LogP contribution < -0.4 is 10.6 Å². The number of aliphatic hydroxyl groups excluding tert-OH is 1. The van der Waals surface area contributed by atoms with Crippen molar-refractivity contribution in [3.05, 3.63) is 35.6 Å². The molecule has 1 aromatic rings. The molecule has 1 saturated heterocycles. The Morgan fingerprint density at radius 1 is 1.45 bits per heavy atom. The highest BCUT2D eigenvalue weighted by Crippen LogP contribution is 2.18. The zero-order valence-electron chi connectivity index (χ0n) is 12.7. The van der Waals surface area contributed by atoms with Gasteiger partial charge >= 0.3 is 0 Å². The normalized spacial score (nSPS) is 20.0. The van der Waals surface area contributed by atoms with Gasteiger partial charge in [-0.2, -0.15) is 0 Å². The van der Waals surface area contributed by atoms with Crippen LogP contribution in [0.2, 0.25) is 0 Å². The molecule has 6 heteroatoms. The average Bonchev–Trinajstić information content (AvgIpc) is 2.91. The first kappa shape index (κ1) is 18.9. The Balaban J connectivity index is 0.00000242. The minimum atomic E-state index is -0.703. The second kappa shape index (κ2) is 9.08. The van der Waals surface area contributed by atoms with Crippen molar-refractivity contribution in [1.82, 2.24) is 10.6 Å². The molecule has 1 aromatic carbocycles. The Morgan fingerprint density at radius 3 is 2.73 bits per heavy atom. The Hall–Kier alpha value is -1.17. The van der Waals surface area contributed by atoms with Crippen molar-refractivity contribution in [3.8, 4) is 0 Å². The maximum absolute atomic E-state index is 12.8. The number of halogens is 2. The lowest BCUT2D eigenvalue weighted by atomic mass is 10.0. The van der Waals surface area contributed by atoms with E-state index in [0.29, 0.717) is 18.4 Å². The fourth-order valence-corrected chi connectivity index (χ4v) is 2.70. The smallest absolute Gasteiger partial charge is 0.221 e. The summed E-state index contributed by atoms with van der Waals surface area (Å²) >= 11 is 0. The first-order valence-electron chi connectivity index (χ1n) is 7.51. The average molecular weight is 331 g/mol. The maximum Gasteiger partial charge on any atom is 0.221 e. The van der Waals surface area contributed by atoms with E-state index < -0.39 is 6.10 Å². The highest BCUT2D eigenvalue weighted by Gasteiger charge is 2.19. The summed E-state index contributed by atoms with van der Waals surface area (Å²) in [5.41, 5.74) is 0.662. The van der Waals surface area contributed by atoms with E-state index in [2.05, 4.69) is 10.6 Å². The monoisotopic (exact) mass is 330 g/mol. The molecule has 3 N–H and O–H groups in total. The molecule has 0 spiro atoms. The first-order chi connectivity index (χ1) is 10.0. The van der Waals surface area contributed by atoms with Crippen molar-refractivity contribution in [2.75, 3.05) is 6.54 Å². The number of nitrogens with one attached hydrogen (secondary N) is 2. The molecule has 0 aromatic heterocycles. The second-order valence-electron chi connectivity index (χ2n) is 5.77. The molecule has 22 heavy (non-hydrogen) atoms. The van der Waals surface area contributed by atoms with E-state index in [4.69, 9.17) is 0 Å². The zero-order chi connectivity index (χ0) is 15.2. The van der Waals surface area contributed by atoms with Gasteiger partial charge in [-0.25, -0.2) is 4.39 Å². The van der Waals surface area contributed by atoms with Gasteiger partial charge in [0.1, 0.15) is 5.82 Å². The number of aliphatic hydroxyl groups is 1. The molecule has 1 aliphatic rings. The highest BCUT2D eigenvalue weighted by molar-refractivity contribution is 5.85. The lowest BCUT2D eigenvalue weighted by Gasteiger charge is -2.19. The minimum absolute atomic E-state index is 0. The minimum Gasteiger partial charge on any atom is -0.388 e. The van der Waals surface area contributed by atoms with Gasteiger partial charge in [0.15, 0.2) is 0 Å². The zero-order valence-corrected chi connectivity index (χ0v) is 13.5. The number of hydrogen-bond donors (Lipinski definition) is 3. The number of rotatable bonds is 6. The Labute approximate surface area is 136 Å². The maximum atomic E-state index is 12.8. The van der Waals surface area contributed by atoms with Crippen LogP contribution in [0.25, 0.3) is 0 Å². The molecule has 0 saturated carbocycles. The number of carbonyl (C=O) groups excluding carboxylic acids is 1. The number of carbonyl (C=O) groups is 1. The summed E-state index contributed by atoms with van der Waals surface area (Å²) in [7, 11) is 0. The molecule has 0 radical (unpaired) electrons. The van der Waals surface area contributed by atoms with Gasteiger partial charge in [0.05, 0.1) is 6.10 Å². The standard InChI is InChI=1S/C16H23FN2O2.ClH/c1-11(19-16(21)10-14-3-2-8-18-14)9-15(20)12-4-6-13(17)7-5-12;/h4-7,11,14-15,18,20H,2-3,8-10H2,1H3,(H,19,21);1H. The van der Waals surface area contributed by atoms with Crippen LogP contribution in [0.15, 0.2) is 24.3 Å². The van der Waals surface area contributed by atoms with E-state index >= 15 is 0 Å². The topological polar surface area (TPSA) is 61.4 Å². The molecule has 124 valence electrons. The summed E-state index contributed by atoms with van der Waals surface area (Å²) in [4.78, 5) is 11.9. The van der Waals surface area contributed by atoms with E-state index in [-0.39, 0.29) is 36.2 Å². The molecule has 1 aliphatic heterocycles. The second-order valence-corrected chi connectivity index (χ2v) is 5.77. The van der Waals surface area contributed by atoms with Crippen molar-refractivity contribution in [2.24, 2.45) is 0 Å². The van der Waals surface area contributed by atoms with Crippen LogP contribution in [0.1, 0.15) is 44.3 Å². The third kappa shape index (κ3) is 5.91. The van der Waals surface area contributed by atoms with Crippen molar-refractivity contribution in [3.63, 3.8) is 0 Å². The van der Waals surface area contributed by atoms with Crippen LogP contribution >= 0.6 is 12.4 Å². The Morgan fingerprint density at radius 2 is 2.14 bits per heavy atom. The Kier molecular flexibility index (Phi) is 7.79. The molecule has 0 bridgehead atoms. The van der Waals surface area contributed by atoms with Crippen LogP contribution in [-0.2, 0) is 4.79 Å². The quantitative estimate of drug-likeness (QED) is 0.750. The van der Waals surface area contributed by atoms with Gasteiger partial charge in [-0.15, -0.1) is 12.4 Å². The number of hydrogen-bond acceptors (Lipinski definition) is 3. The SMILES string of the molecule is CC(CC(O)c1ccc(F)cc1)NC(=O)CC1CCCN1.Cl. The number of amides is 1. The van der Waals surface area contributed by atoms with Gasteiger partial charge in [-0.1, -0.05) is 12.1 Å². The van der Waals surface area contributed by atoms with Gasteiger partial charge in [-0.05, 0) is 50.4 Å². The van der Waals surface area contributed by atoms with Gasteiger partial charge in [-0.3, -0.25) is 4.79 Å². The lowest BCUT2D eigenvalue weighted by molar-refractivity contribution is -0.122. The number of benzene rings is 1. The van der Waals surface area contributed by atoms with Gasteiger partial charge < -0.3 is 15.7 Å². The van der Waals surface area contributed by atoms with Crippen LogP contribution in [0, 0.1) is 5.82 Å². The van der Waals surface area contributed by atoms with Crippen molar-refractivity contribution in [2.45, 2.75) is 50.8 Å². The fourth-order valence-electron chi connectivity index (χ4n) is 2.70. The lowest BCUT2D eigenvalue weighted by Crippen LogP contribution is -2.37. The summed E-state index contributed by atoms with van der Waals surface area (Å²) in [5.74, 6) is -0.315. The van der Waals surface area contributed by atoms with Crippen LogP contribution in [0.3, 0.4) is 0 Å². The predicted molar refractivity (Wildman–Crippen MR) is 86.5 cm³/mol.